The van der Waals surface area contributed by atoms with Gasteiger partial charge in [0.05, 0.1) is 0 Å². The summed E-state index contributed by atoms with van der Waals surface area (Å²) in [5.74, 6) is 2.41. The van der Waals surface area contributed by atoms with Gasteiger partial charge in [-0.15, -0.1) is 0 Å². The number of pyridine rings is 1. The van der Waals surface area contributed by atoms with E-state index in [1.54, 1.807) is 12.3 Å². The Morgan fingerprint density at radius 2 is 1.85 bits per heavy atom. The zero-order chi connectivity index (χ0) is 17.9. The highest BCUT2D eigenvalue weighted by atomic mass is 16.1. The number of aromatic amines is 1. The lowest BCUT2D eigenvalue weighted by atomic mass is 9.90. The number of piperidine rings is 1. The highest BCUT2D eigenvalue weighted by Crippen LogP contribution is 2.30. The van der Waals surface area contributed by atoms with Gasteiger partial charge in [0, 0.05) is 50.2 Å². The van der Waals surface area contributed by atoms with Crippen molar-refractivity contribution in [1.29, 1.82) is 0 Å². The van der Waals surface area contributed by atoms with Crippen LogP contribution in [-0.2, 0) is 6.42 Å². The highest BCUT2D eigenvalue weighted by Gasteiger charge is 2.23. The van der Waals surface area contributed by atoms with E-state index in [1.807, 2.05) is 6.07 Å². The van der Waals surface area contributed by atoms with Gasteiger partial charge in [0.2, 0.25) is 11.5 Å². The van der Waals surface area contributed by atoms with Crippen LogP contribution in [0.4, 0.5) is 11.8 Å². The van der Waals surface area contributed by atoms with Crippen LogP contribution in [0.25, 0.3) is 0 Å². The molecule has 2 fully saturated rings. The van der Waals surface area contributed by atoms with Crippen molar-refractivity contribution >= 4 is 11.8 Å². The fourth-order valence-corrected chi connectivity index (χ4v) is 4.03. The van der Waals surface area contributed by atoms with Crippen LogP contribution in [0.1, 0.15) is 49.8 Å². The zero-order valence-electron chi connectivity index (χ0n) is 15.4. The van der Waals surface area contributed by atoms with Crippen molar-refractivity contribution in [2.75, 3.05) is 36.0 Å². The van der Waals surface area contributed by atoms with E-state index in [9.17, 15) is 4.79 Å². The Kier molecular flexibility index (Phi) is 4.91. The molecule has 0 unspecified atom stereocenters. The Bertz CT molecular complexity index is 804. The van der Waals surface area contributed by atoms with Gasteiger partial charge >= 0.3 is 0 Å². The fourth-order valence-electron chi connectivity index (χ4n) is 4.03. The first-order valence-electron chi connectivity index (χ1n) is 9.79. The molecule has 1 N–H and O–H groups in total. The lowest BCUT2D eigenvalue weighted by Gasteiger charge is -2.33. The normalized spacial score (nSPS) is 18.5. The summed E-state index contributed by atoms with van der Waals surface area (Å²) >= 11 is 0. The molecule has 2 aliphatic rings. The van der Waals surface area contributed by atoms with Crippen molar-refractivity contribution in [3.8, 4) is 0 Å². The van der Waals surface area contributed by atoms with E-state index in [4.69, 9.17) is 9.97 Å². The SMILES string of the molecule is CCc1cc(N2CCC(c3cc[nH]c(=O)c3)CC2)nc(N2CCCC2)n1. The third-order valence-electron chi connectivity index (χ3n) is 5.59. The topological polar surface area (TPSA) is 65.1 Å². The molecule has 0 atom stereocenters. The lowest BCUT2D eigenvalue weighted by Crippen LogP contribution is -2.34. The molecule has 2 aliphatic heterocycles. The number of aryl methyl sites for hydroxylation is 1. The van der Waals surface area contributed by atoms with E-state index in [-0.39, 0.29) is 5.56 Å². The molecular weight excluding hydrogens is 326 g/mol. The van der Waals surface area contributed by atoms with Gasteiger partial charge in [-0.05, 0) is 49.7 Å². The van der Waals surface area contributed by atoms with Crippen LogP contribution in [0.3, 0.4) is 0 Å². The summed E-state index contributed by atoms with van der Waals surface area (Å²) in [5.41, 5.74) is 2.26. The van der Waals surface area contributed by atoms with Gasteiger partial charge in [0.15, 0.2) is 0 Å². The lowest BCUT2D eigenvalue weighted by molar-refractivity contribution is 0.501. The Balaban J connectivity index is 1.50. The highest BCUT2D eigenvalue weighted by molar-refractivity contribution is 5.47. The number of H-pyrrole nitrogens is 1. The molecule has 2 aromatic rings. The summed E-state index contributed by atoms with van der Waals surface area (Å²) in [4.78, 5) is 28.6. The van der Waals surface area contributed by atoms with E-state index in [2.05, 4.69) is 27.8 Å². The first-order valence-corrected chi connectivity index (χ1v) is 9.79. The summed E-state index contributed by atoms with van der Waals surface area (Å²) in [6.07, 6.45) is 7.25. The molecule has 0 bridgehead atoms. The minimum atomic E-state index is -0.0106. The number of nitrogens with one attached hydrogen (secondary N) is 1. The monoisotopic (exact) mass is 353 g/mol. The largest absolute Gasteiger partial charge is 0.356 e. The Morgan fingerprint density at radius 3 is 2.54 bits per heavy atom. The Labute approximate surface area is 154 Å². The number of aromatic nitrogens is 3. The predicted molar refractivity (Wildman–Crippen MR) is 104 cm³/mol. The number of rotatable bonds is 4. The van der Waals surface area contributed by atoms with Gasteiger partial charge in [0.25, 0.3) is 0 Å². The summed E-state index contributed by atoms with van der Waals surface area (Å²) in [6.45, 7) is 6.22. The van der Waals surface area contributed by atoms with Crippen LogP contribution in [0.2, 0.25) is 0 Å². The fraction of sp³-hybridized carbons (Fsp3) is 0.550. The number of hydrogen-bond donors (Lipinski definition) is 1. The predicted octanol–water partition coefficient (Wildman–Crippen LogP) is 2.71. The minimum Gasteiger partial charge on any atom is -0.356 e. The number of hydrogen-bond acceptors (Lipinski definition) is 5. The first-order chi connectivity index (χ1) is 12.7. The van der Waals surface area contributed by atoms with Gasteiger partial charge in [-0.25, -0.2) is 4.98 Å². The Hall–Kier alpha value is -2.37. The van der Waals surface area contributed by atoms with Crippen LogP contribution in [0, 0.1) is 0 Å². The van der Waals surface area contributed by atoms with Crippen LogP contribution < -0.4 is 15.4 Å². The molecule has 0 amide bonds. The molecule has 138 valence electrons. The van der Waals surface area contributed by atoms with Crippen LogP contribution in [0.15, 0.2) is 29.2 Å². The van der Waals surface area contributed by atoms with Gasteiger partial charge < -0.3 is 14.8 Å². The van der Waals surface area contributed by atoms with Crippen LogP contribution >= 0.6 is 0 Å². The summed E-state index contributed by atoms with van der Waals surface area (Å²) in [5, 5.41) is 0. The smallest absolute Gasteiger partial charge is 0.248 e. The first kappa shape index (κ1) is 17.1. The van der Waals surface area contributed by atoms with E-state index in [1.165, 1.54) is 12.8 Å². The molecule has 2 aromatic heterocycles. The third-order valence-corrected chi connectivity index (χ3v) is 5.59. The van der Waals surface area contributed by atoms with Crippen molar-refractivity contribution in [3.05, 3.63) is 46.0 Å². The molecule has 26 heavy (non-hydrogen) atoms. The van der Waals surface area contributed by atoms with Crippen LogP contribution in [0.5, 0.6) is 0 Å². The molecule has 6 heteroatoms. The molecular formula is C20H27N5O. The quantitative estimate of drug-likeness (QED) is 0.915. The Morgan fingerprint density at radius 1 is 1.08 bits per heavy atom. The standard InChI is InChI=1S/C20H27N5O/c1-2-17-14-18(23-20(22-17)25-9-3-4-10-25)24-11-6-15(7-12-24)16-5-8-21-19(26)13-16/h5,8,13-15H,2-4,6-7,9-12H2,1H3,(H,21,26). The molecule has 2 saturated heterocycles. The van der Waals surface area contributed by atoms with Gasteiger partial charge in [0.1, 0.15) is 5.82 Å². The molecule has 4 heterocycles. The van der Waals surface area contributed by atoms with Crippen molar-refractivity contribution in [2.45, 2.75) is 44.9 Å². The summed E-state index contributed by atoms with van der Waals surface area (Å²) in [7, 11) is 0. The van der Waals surface area contributed by atoms with E-state index >= 15 is 0 Å². The maximum Gasteiger partial charge on any atom is 0.248 e. The van der Waals surface area contributed by atoms with E-state index in [0.717, 1.165) is 68.5 Å². The molecule has 0 aliphatic carbocycles. The summed E-state index contributed by atoms with van der Waals surface area (Å²) < 4.78 is 0. The molecule has 0 spiro atoms. The second-order valence-electron chi connectivity index (χ2n) is 7.31. The molecule has 0 saturated carbocycles. The number of nitrogens with zero attached hydrogens (tertiary/aromatic N) is 4. The maximum atomic E-state index is 11.6. The second kappa shape index (κ2) is 7.48. The summed E-state index contributed by atoms with van der Waals surface area (Å²) in [6, 6.07) is 5.92. The van der Waals surface area contributed by atoms with Gasteiger partial charge in [-0.2, -0.15) is 4.98 Å². The average molecular weight is 353 g/mol. The van der Waals surface area contributed by atoms with Crippen molar-refractivity contribution < 1.29 is 0 Å². The zero-order valence-corrected chi connectivity index (χ0v) is 15.4. The van der Waals surface area contributed by atoms with Crippen molar-refractivity contribution in [3.63, 3.8) is 0 Å². The minimum absolute atomic E-state index is 0.0106. The van der Waals surface area contributed by atoms with Crippen LogP contribution in [-0.4, -0.2) is 41.1 Å². The van der Waals surface area contributed by atoms with Crippen molar-refractivity contribution in [2.24, 2.45) is 0 Å². The average Bonchev–Trinajstić information content (AvgIpc) is 3.23. The van der Waals surface area contributed by atoms with Gasteiger partial charge in [-0.1, -0.05) is 6.92 Å². The molecule has 0 aromatic carbocycles. The van der Waals surface area contributed by atoms with Gasteiger partial charge in [-0.3, -0.25) is 4.79 Å². The second-order valence-corrected chi connectivity index (χ2v) is 7.31. The molecule has 0 radical (unpaired) electrons. The maximum absolute atomic E-state index is 11.6. The van der Waals surface area contributed by atoms with E-state index < -0.39 is 0 Å². The van der Waals surface area contributed by atoms with Crippen molar-refractivity contribution in [1.82, 2.24) is 15.0 Å². The number of anilines is 2. The molecule has 6 nitrogen and oxygen atoms in total. The van der Waals surface area contributed by atoms with E-state index in [0.29, 0.717) is 5.92 Å². The third kappa shape index (κ3) is 3.59. The molecule has 4 rings (SSSR count).